The zero-order chi connectivity index (χ0) is 21.7. The van der Waals surface area contributed by atoms with Gasteiger partial charge in [-0.3, -0.25) is 0 Å². The quantitative estimate of drug-likeness (QED) is 0.576. The molecule has 2 N–H and O–H groups in total. The second-order valence-electron chi connectivity index (χ2n) is 7.01. The number of amides is 2. The van der Waals surface area contributed by atoms with Crippen LogP contribution >= 0.6 is 11.6 Å². The number of urea groups is 1. The zero-order valence-electron chi connectivity index (χ0n) is 16.3. The Bertz CT molecular complexity index is 900. The Kier molecular flexibility index (Phi) is 6.97. The smallest absolute Gasteiger partial charge is 0.417 e. The monoisotopic (exact) mass is 442 g/mol. The zero-order valence-corrected chi connectivity index (χ0v) is 17.1. The predicted molar refractivity (Wildman–Crippen MR) is 108 cm³/mol. The van der Waals surface area contributed by atoms with Gasteiger partial charge in [0.05, 0.1) is 23.8 Å². The molecule has 1 aliphatic carbocycles. The van der Waals surface area contributed by atoms with Gasteiger partial charge in [-0.15, -0.1) is 0 Å². The number of halogens is 4. The number of benzene rings is 2. The number of methoxy groups -OCH3 is 1. The van der Waals surface area contributed by atoms with Crippen LogP contribution in [0.25, 0.3) is 0 Å². The lowest BCUT2D eigenvalue weighted by atomic mass is 10.1. The van der Waals surface area contributed by atoms with Gasteiger partial charge in [0.25, 0.3) is 0 Å². The molecule has 3 rings (SSSR count). The van der Waals surface area contributed by atoms with E-state index in [0.717, 1.165) is 37.8 Å². The van der Waals surface area contributed by atoms with E-state index >= 15 is 0 Å². The number of anilines is 1. The number of rotatable bonds is 6. The molecule has 2 aromatic carbocycles. The molecule has 0 spiro atoms. The number of carbonyl (C=O) groups excluding carboxylic acids is 1. The lowest BCUT2D eigenvalue weighted by molar-refractivity contribution is -0.137. The van der Waals surface area contributed by atoms with Gasteiger partial charge in [0.15, 0.2) is 11.5 Å². The van der Waals surface area contributed by atoms with Crippen LogP contribution in [0, 0.1) is 0 Å². The third kappa shape index (κ3) is 5.72. The number of nitrogens with one attached hydrogen (secondary N) is 2. The first-order chi connectivity index (χ1) is 14.3. The number of ether oxygens (including phenoxy) is 2. The van der Waals surface area contributed by atoms with E-state index in [1.165, 1.54) is 13.2 Å². The Balaban J connectivity index is 1.62. The van der Waals surface area contributed by atoms with Crippen LogP contribution < -0.4 is 20.1 Å². The van der Waals surface area contributed by atoms with Crippen molar-refractivity contribution in [1.82, 2.24) is 5.32 Å². The van der Waals surface area contributed by atoms with Crippen molar-refractivity contribution in [3.05, 3.63) is 52.5 Å². The molecule has 1 aliphatic rings. The molecular weight excluding hydrogens is 421 g/mol. The molecule has 0 bridgehead atoms. The van der Waals surface area contributed by atoms with Crippen LogP contribution in [0.15, 0.2) is 36.4 Å². The van der Waals surface area contributed by atoms with E-state index in [4.69, 9.17) is 21.1 Å². The average molecular weight is 443 g/mol. The summed E-state index contributed by atoms with van der Waals surface area (Å²) in [6, 6.07) is 7.97. The highest BCUT2D eigenvalue weighted by Gasteiger charge is 2.33. The first-order valence-electron chi connectivity index (χ1n) is 9.51. The van der Waals surface area contributed by atoms with Gasteiger partial charge in [0, 0.05) is 18.3 Å². The predicted octanol–water partition coefficient (Wildman–Crippen LogP) is 6.01. The minimum absolute atomic E-state index is 0.0896. The van der Waals surface area contributed by atoms with E-state index in [0.29, 0.717) is 17.2 Å². The number of hydrogen-bond donors (Lipinski definition) is 2. The van der Waals surface area contributed by atoms with Gasteiger partial charge in [-0.1, -0.05) is 17.7 Å². The largest absolute Gasteiger partial charge is 0.493 e. The summed E-state index contributed by atoms with van der Waals surface area (Å²) in [5.41, 5.74) is -0.178. The topological polar surface area (TPSA) is 59.6 Å². The molecule has 0 heterocycles. The lowest BCUT2D eigenvalue weighted by Gasteiger charge is -2.17. The fraction of sp³-hybridized carbons (Fsp3) is 0.381. The molecule has 1 fully saturated rings. The van der Waals surface area contributed by atoms with Crippen LogP contribution in [0.3, 0.4) is 0 Å². The maximum absolute atomic E-state index is 13.0. The number of hydrogen-bond acceptors (Lipinski definition) is 3. The fourth-order valence-electron chi connectivity index (χ4n) is 3.29. The van der Waals surface area contributed by atoms with E-state index in [1.807, 2.05) is 0 Å². The maximum Gasteiger partial charge on any atom is 0.417 e. The Hall–Kier alpha value is -2.61. The second-order valence-corrected chi connectivity index (χ2v) is 7.42. The summed E-state index contributed by atoms with van der Waals surface area (Å²) in [4.78, 5) is 12.2. The minimum Gasteiger partial charge on any atom is -0.493 e. The average Bonchev–Trinajstić information content (AvgIpc) is 3.20. The summed E-state index contributed by atoms with van der Waals surface area (Å²) in [7, 11) is 1.54. The molecule has 5 nitrogen and oxygen atoms in total. The normalized spacial score (nSPS) is 14.4. The summed E-state index contributed by atoms with van der Waals surface area (Å²) in [5, 5.41) is 4.80. The molecule has 0 radical (unpaired) electrons. The molecule has 0 aliphatic heterocycles. The molecule has 2 aromatic rings. The molecule has 0 saturated heterocycles. The van der Waals surface area contributed by atoms with Crippen molar-refractivity contribution in [2.24, 2.45) is 0 Å². The third-order valence-electron chi connectivity index (χ3n) is 4.81. The molecule has 2 amide bonds. The molecule has 1 saturated carbocycles. The molecule has 0 unspecified atom stereocenters. The van der Waals surface area contributed by atoms with Crippen LogP contribution in [-0.4, -0.2) is 19.2 Å². The van der Waals surface area contributed by atoms with Gasteiger partial charge < -0.3 is 20.1 Å². The summed E-state index contributed by atoms with van der Waals surface area (Å²) in [6.45, 7) is -0.0896. The summed E-state index contributed by atoms with van der Waals surface area (Å²) < 4.78 is 50.2. The van der Waals surface area contributed by atoms with E-state index in [2.05, 4.69) is 10.6 Å². The molecule has 0 atom stereocenters. The Labute approximate surface area is 177 Å². The van der Waals surface area contributed by atoms with Crippen molar-refractivity contribution >= 4 is 23.3 Å². The minimum atomic E-state index is -4.56. The standard InChI is InChI=1S/C21H22ClF3N2O3/c1-29-18-9-7-14(11-19(18)30-15-4-2-3-5-15)27-20(28)26-12-13-6-8-17(22)16(10-13)21(23,24)25/h6-11,15H,2-5,12H2,1H3,(H2,26,27,28). The van der Waals surface area contributed by atoms with E-state index in [1.54, 1.807) is 18.2 Å². The van der Waals surface area contributed by atoms with Crippen molar-refractivity contribution in [2.75, 3.05) is 12.4 Å². The lowest BCUT2D eigenvalue weighted by Crippen LogP contribution is -2.28. The Morgan fingerprint density at radius 2 is 1.87 bits per heavy atom. The van der Waals surface area contributed by atoms with Gasteiger partial charge in [-0.25, -0.2) is 4.79 Å². The van der Waals surface area contributed by atoms with Gasteiger partial charge in [-0.05, 0) is 55.5 Å². The molecular formula is C21H22ClF3N2O3. The van der Waals surface area contributed by atoms with Gasteiger partial charge in [-0.2, -0.15) is 13.2 Å². The maximum atomic E-state index is 13.0. The second kappa shape index (κ2) is 9.47. The van der Waals surface area contributed by atoms with Crippen LogP contribution in [0.5, 0.6) is 11.5 Å². The van der Waals surface area contributed by atoms with E-state index in [-0.39, 0.29) is 23.2 Å². The van der Waals surface area contributed by atoms with E-state index < -0.39 is 17.8 Å². The Morgan fingerprint density at radius 1 is 1.13 bits per heavy atom. The first-order valence-corrected chi connectivity index (χ1v) is 9.89. The van der Waals surface area contributed by atoms with Gasteiger partial charge >= 0.3 is 12.2 Å². The number of alkyl halides is 3. The summed E-state index contributed by atoms with van der Waals surface area (Å²) in [5.74, 6) is 1.10. The Morgan fingerprint density at radius 3 is 2.53 bits per heavy atom. The molecule has 162 valence electrons. The van der Waals surface area contributed by atoms with Gasteiger partial charge in [0.1, 0.15) is 0 Å². The highest BCUT2D eigenvalue weighted by Crippen LogP contribution is 2.35. The third-order valence-corrected chi connectivity index (χ3v) is 5.14. The van der Waals surface area contributed by atoms with Crippen molar-refractivity contribution < 1.29 is 27.4 Å². The van der Waals surface area contributed by atoms with Crippen molar-refractivity contribution in [3.8, 4) is 11.5 Å². The SMILES string of the molecule is COc1ccc(NC(=O)NCc2ccc(Cl)c(C(F)(F)F)c2)cc1OC1CCCC1. The summed E-state index contributed by atoms with van der Waals surface area (Å²) >= 11 is 5.61. The molecule has 30 heavy (non-hydrogen) atoms. The van der Waals surface area contributed by atoms with Crippen LogP contribution in [0.2, 0.25) is 5.02 Å². The van der Waals surface area contributed by atoms with Crippen molar-refractivity contribution in [2.45, 2.75) is 44.5 Å². The van der Waals surface area contributed by atoms with E-state index in [9.17, 15) is 18.0 Å². The highest BCUT2D eigenvalue weighted by molar-refractivity contribution is 6.31. The van der Waals surface area contributed by atoms with Crippen LogP contribution in [0.1, 0.15) is 36.8 Å². The molecule has 9 heteroatoms. The summed E-state index contributed by atoms with van der Waals surface area (Å²) in [6.07, 6.45) is -0.253. The van der Waals surface area contributed by atoms with Gasteiger partial charge in [0.2, 0.25) is 0 Å². The van der Waals surface area contributed by atoms with Crippen molar-refractivity contribution in [3.63, 3.8) is 0 Å². The first kappa shape index (κ1) is 22.1. The van der Waals surface area contributed by atoms with Crippen LogP contribution in [-0.2, 0) is 12.7 Å². The highest BCUT2D eigenvalue weighted by atomic mass is 35.5. The molecule has 0 aromatic heterocycles. The fourth-order valence-corrected chi connectivity index (χ4v) is 3.51. The number of carbonyl (C=O) groups is 1. The van der Waals surface area contributed by atoms with Crippen LogP contribution in [0.4, 0.5) is 23.7 Å². The van der Waals surface area contributed by atoms with Crippen molar-refractivity contribution in [1.29, 1.82) is 0 Å².